The summed E-state index contributed by atoms with van der Waals surface area (Å²) in [6.45, 7) is 0. The molecule has 0 saturated heterocycles. The summed E-state index contributed by atoms with van der Waals surface area (Å²) in [5.74, 6) is 0. The van der Waals surface area contributed by atoms with Crippen molar-refractivity contribution in [3.63, 3.8) is 0 Å². The Hall–Kier alpha value is 0.309. The maximum absolute atomic E-state index is 8.52. The van der Waals surface area contributed by atoms with E-state index in [2.05, 4.69) is 0 Å². The minimum Gasteiger partial charge on any atom is -0.759 e. The summed E-state index contributed by atoms with van der Waals surface area (Å²) in [5.41, 5.74) is 0. The molecule has 0 fully saturated rings. The van der Waals surface area contributed by atoms with Crippen molar-refractivity contribution in [3.8, 4) is 0 Å². The van der Waals surface area contributed by atoms with Crippen molar-refractivity contribution in [2.45, 2.75) is 0 Å². The molecule has 54 valence electrons. The number of rotatable bonds is 0. The molecule has 8 heavy (non-hydrogen) atoms. The first kappa shape index (κ1) is 23.9. The van der Waals surface area contributed by atoms with Crippen molar-refractivity contribution in [1.82, 2.24) is 6.15 Å². The van der Waals surface area contributed by atoms with E-state index in [4.69, 9.17) is 17.5 Å². The Balaban J connectivity index is -0.0000000267. The van der Waals surface area contributed by atoms with Gasteiger partial charge in [-0.2, -0.15) is 0 Å². The molecule has 8 heteroatoms. The summed E-state index contributed by atoms with van der Waals surface area (Å²) in [7, 11) is -5.17. The molecule has 0 bridgehead atoms. The van der Waals surface area contributed by atoms with Crippen LogP contribution in [0.5, 0.6) is 0 Å². The van der Waals surface area contributed by atoms with Crippen molar-refractivity contribution in [2.75, 3.05) is 0 Å². The van der Waals surface area contributed by atoms with Crippen molar-refractivity contribution in [3.05, 3.63) is 0 Å². The van der Waals surface area contributed by atoms with Crippen molar-refractivity contribution in [1.29, 1.82) is 0 Å². The second kappa shape index (κ2) is 7.31. The third-order valence-electron chi connectivity index (χ3n) is 0. The van der Waals surface area contributed by atoms with Crippen LogP contribution in [0.1, 0.15) is 0 Å². The molecule has 0 aliphatic carbocycles. The predicted octanol–water partition coefficient (Wildman–Crippen LogP) is -1.79. The second-order valence-electron chi connectivity index (χ2n) is 0.408. The topological polar surface area (TPSA) is 148 Å². The zero-order valence-electron chi connectivity index (χ0n) is 3.89. The van der Waals surface area contributed by atoms with E-state index >= 15 is 0 Å². The van der Waals surface area contributed by atoms with Crippen LogP contribution in [-0.2, 0) is 27.5 Å². The van der Waals surface area contributed by atoms with Crippen molar-refractivity contribution < 1.29 is 40.1 Å². The van der Waals surface area contributed by atoms with E-state index in [1.165, 1.54) is 0 Å². The van der Waals surface area contributed by atoms with Gasteiger partial charge in [0.1, 0.15) is 0 Å². The summed E-state index contributed by atoms with van der Waals surface area (Å²) < 4.78 is 34.1. The first-order valence-electron chi connectivity index (χ1n) is 0.667. The molecular weight excluding hydrogens is 182 g/mol. The second-order valence-corrected chi connectivity index (χ2v) is 1.22. The molecular formula is H6FeNO5S+. The Kier molecular flexibility index (Phi) is 21.8. The summed E-state index contributed by atoms with van der Waals surface area (Å²) in [6, 6.07) is 0. The third-order valence-corrected chi connectivity index (χ3v) is 0. The average molecular weight is 188 g/mol. The molecule has 0 unspecified atom stereocenters. The average Bonchev–Trinajstić information content (AvgIpc) is 0.722. The smallest absolute Gasteiger partial charge is 0.759 e. The SMILES string of the molecule is O.O=S(=O)([O-])[O-].[Fe+2].[NH4+]. The minimum atomic E-state index is -5.17. The zero-order valence-corrected chi connectivity index (χ0v) is 5.82. The van der Waals surface area contributed by atoms with Crippen LogP contribution < -0.4 is 6.15 Å². The molecule has 0 atom stereocenters. The molecule has 0 saturated carbocycles. The van der Waals surface area contributed by atoms with Gasteiger partial charge in [0.15, 0.2) is 0 Å². The molecule has 0 amide bonds. The molecule has 6 nitrogen and oxygen atoms in total. The van der Waals surface area contributed by atoms with Gasteiger partial charge in [-0.05, 0) is 0 Å². The van der Waals surface area contributed by atoms with E-state index in [0.29, 0.717) is 0 Å². The van der Waals surface area contributed by atoms with Gasteiger partial charge in [0.2, 0.25) is 0 Å². The molecule has 0 rings (SSSR count). The summed E-state index contributed by atoms with van der Waals surface area (Å²) in [4.78, 5) is 0. The van der Waals surface area contributed by atoms with Crippen LogP contribution in [-0.4, -0.2) is 23.0 Å². The van der Waals surface area contributed by atoms with Gasteiger partial charge in [-0.1, -0.05) is 0 Å². The quantitative estimate of drug-likeness (QED) is 0.271. The molecule has 0 aliphatic rings. The van der Waals surface area contributed by atoms with Crippen LogP contribution in [0.15, 0.2) is 0 Å². The van der Waals surface area contributed by atoms with E-state index in [0.717, 1.165) is 0 Å². The summed E-state index contributed by atoms with van der Waals surface area (Å²) >= 11 is 0. The number of quaternary nitrogens is 1. The van der Waals surface area contributed by atoms with Gasteiger partial charge in [0.25, 0.3) is 0 Å². The Morgan fingerprint density at radius 2 is 1.12 bits per heavy atom. The molecule has 6 N–H and O–H groups in total. The van der Waals surface area contributed by atoms with Crippen LogP contribution in [0.3, 0.4) is 0 Å². The molecule has 0 heterocycles. The first-order valence-corrected chi connectivity index (χ1v) is 2.00. The van der Waals surface area contributed by atoms with Gasteiger partial charge in [-0.25, -0.2) is 0 Å². The maximum atomic E-state index is 8.52. The van der Waals surface area contributed by atoms with Gasteiger partial charge in [0, 0.05) is 10.4 Å². The standard InChI is InChI=1S/Fe.H3N.H2O4S.H2O/c;;1-5(2,3)4;/h;1H3;(H2,1,2,3,4);1H2/q+2;;;/p-1. The van der Waals surface area contributed by atoms with E-state index in [1.807, 2.05) is 0 Å². The molecule has 0 radical (unpaired) electrons. The van der Waals surface area contributed by atoms with Gasteiger partial charge in [-0.15, -0.1) is 0 Å². The van der Waals surface area contributed by atoms with Gasteiger partial charge < -0.3 is 20.7 Å². The van der Waals surface area contributed by atoms with E-state index in [1.54, 1.807) is 0 Å². The first-order chi connectivity index (χ1) is 2.00. The fourth-order valence-corrected chi connectivity index (χ4v) is 0. The Morgan fingerprint density at radius 3 is 1.12 bits per heavy atom. The Labute approximate surface area is 57.2 Å². The van der Waals surface area contributed by atoms with Gasteiger partial charge >= 0.3 is 17.1 Å². The van der Waals surface area contributed by atoms with Gasteiger partial charge in [-0.3, -0.25) is 8.42 Å². The molecule has 0 aromatic rings. The molecule has 0 aromatic carbocycles. The largest absolute Gasteiger partial charge is 2.00 e. The van der Waals surface area contributed by atoms with E-state index in [-0.39, 0.29) is 28.7 Å². The van der Waals surface area contributed by atoms with Crippen molar-refractivity contribution in [2.24, 2.45) is 0 Å². The monoisotopic (exact) mass is 188 g/mol. The van der Waals surface area contributed by atoms with E-state index in [9.17, 15) is 0 Å². The molecule has 0 aliphatic heterocycles. The summed E-state index contributed by atoms with van der Waals surface area (Å²) in [5, 5.41) is 0. The minimum absolute atomic E-state index is 0. The fourth-order valence-electron chi connectivity index (χ4n) is 0. The zero-order chi connectivity index (χ0) is 4.50. The number of hydrogen-bond donors (Lipinski definition) is 1. The van der Waals surface area contributed by atoms with Crippen LogP contribution in [0.25, 0.3) is 0 Å². The normalized spacial score (nSPS) is 7.25. The fraction of sp³-hybridized carbons (Fsp3) is 0. The van der Waals surface area contributed by atoms with Crippen LogP contribution in [0, 0.1) is 0 Å². The molecule has 0 spiro atoms. The van der Waals surface area contributed by atoms with Gasteiger partial charge in [0.05, 0.1) is 0 Å². The Morgan fingerprint density at radius 1 is 1.12 bits per heavy atom. The Bertz CT molecular complexity index is 95.6. The maximum Gasteiger partial charge on any atom is 2.00 e. The van der Waals surface area contributed by atoms with Crippen molar-refractivity contribution >= 4 is 10.4 Å². The van der Waals surface area contributed by atoms with Crippen LogP contribution in [0.2, 0.25) is 0 Å². The third kappa shape index (κ3) is 1860. The predicted molar refractivity (Wildman–Crippen MR) is 20.1 cm³/mol. The summed E-state index contributed by atoms with van der Waals surface area (Å²) in [6.07, 6.45) is 0. The molecule has 0 aromatic heterocycles. The number of hydrogen-bond acceptors (Lipinski definition) is 4. The van der Waals surface area contributed by atoms with E-state index < -0.39 is 10.4 Å². The van der Waals surface area contributed by atoms with Crippen LogP contribution in [0.4, 0.5) is 0 Å². The van der Waals surface area contributed by atoms with Crippen LogP contribution >= 0.6 is 0 Å².